The molecule has 5 nitrogen and oxygen atoms in total. The first-order valence-electron chi connectivity index (χ1n) is 5.81. The molecule has 0 radical (unpaired) electrons. The maximum Gasteiger partial charge on any atom is 0.335 e. The number of carbonyl (C=O) groups is 1. The molecule has 94 valence electrons. The van der Waals surface area contributed by atoms with Gasteiger partial charge >= 0.3 is 5.97 Å². The predicted octanol–water partition coefficient (Wildman–Crippen LogP) is 2.18. The van der Waals surface area contributed by atoms with Crippen LogP contribution in [-0.2, 0) is 6.54 Å². The molecule has 1 aromatic carbocycles. The number of rotatable bonds is 3. The van der Waals surface area contributed by atoms with E-state index in [0.29, 0.717) is 12.1 Å². The molecule has 0 spiro atoms. The van der Waals surface area contributed by atoms with E-state index in [2.05, 4.69) is 9.97 Å². The Kier molecular flexibility index (Phi) is 2.72. The molecule has 0 aliphatic rings. The lowest BCUT2D eigenvalue weighted by atomic mass is 10.1. The van der Waals surface area contributed by atoms with Crippen molar-refractivity contribution in [1.29, 1.82) is 0 Å². The van der Waals surface area contributed by atoms with Gasteiger partial charge in [-0.15, -0.1) is 0 Å². The first-order valence-corrected chi connectivity index (χ1v) is 5.81. The third kappa shape index (κ3) is 2.18. The van der Waals surface area contributed by atoms with Crippen LogP contribution in [0, 0.1) is 0 Å². The average molecular weight is 253 g/mol. The van der Waals surface area contributed by atoms with E-state index in [4.69, 9.17) is 5.11 Å². The Bertz CT molecular complexity index is 732. The van der Waals surface area contributed by atoms with E-state index in [-0.39, 0.29) is 0 Å². The molecule has 1 N–H and O–H groups in total. The number of benzene rings is 1. The molecule has 3 aromatic rings. The predicted molar refractivity (Wildman–Crippen MR) is 70.0 cm³/mol. The standard InChI is InChI=1S/C14H11N3O2/c18-14(19)11-3-1-10(2-4-11)8-17-9-16-12-7-15-6-5-13(12)17/h1-7,9H,8H2,(H,18,19). The third-order valence-corrected chi connectivity index (χ3v) is 2.98. The second kappa shape index (κ2) is 4.53. The smallest absolute Gasteiger partial charge is 0.335 e. The number of nitrogens with zero attached hydrogens (tertiary/aromatic N) is 3. The summed E-state index contributed by atoms with van der Waals surface area (Å²) < 4.78 is 2.01. The van der Waals surface area contributed by atoms with Crippen molar-refractivity contribution >= 4 is 17.0 Å². The SMILES string of the molecule is O=C(O)c1ccc(Cn2cnc3cnccc32)cc1. The maximum atomic E-state index is 10.8. The first kappa shape index (κ1) is 11.4. The Hall–Kier alpha value is -2.69. The lowest BCUT2D eigenvalue weighted by Gasteiger charge is -2.04. The number of aromatic carboxylic acids is 1. The number of fused-ring (bicyclic) bond motifs is 1. The van der Waals surface area contributed by atoms with Gasteiger partial charge in [-0.3, -0.25) is 4.98 Å². The minimum absolute atomic E-state index is 0.295. The zero-order chi connectivity index (χ0) is 13.2. The minimum atomic E-state index is -0.911. The number of aromatic nitrogens is 3. The summed E-state index contributed by atoms with van der Waals surface area (Å²) in [5, 5.41) is 8.85. The molecule has 0 fully saturated rings. The molecule has 19 heavy (non-hydrogen) atoms. The second-order valence-electron chi connectivity index (χ2n) is 4.24. The van der Waals surface area contributed by atoms with Gasteiger partial charge in [-0.2, -0.15) is 0 Å². The maximum absolute atomic E-state index is 10.8. The van der Waals surface area contributed by atoms with Crippen LogP contribution in [0.15, 0.2) is 49.1 Å². The molecule has 2 aromatic heterocycles. The molecule has 0 bridgehead atoms. The molecule has 0 amide bonds. The highest BCUT2D eigenvalue weighted by molar-refractivity contribution is 5.87. The Morgan fingerprint density at radius 3 is 2.74 bits per heavy atom. The van der Waals surface area contributed by atoms with Gasteiger partial charge in [0.1, 0.15) is 5.52 Å². The fourth-order valence-corrected chi connectivity index (χ4v) is 1.99. The molecule has 0 unspecified atom stereocenters. The van der Waals surface area contributed by atoms with Crippen molar-refractivity contribution in [3.05, 3.63) is 60.2 Å². The van der Waals surface area contributed by atoms with Crippen LogP contribution in [0.5, 0.6) is 0 Å². The average Bonchev–Trinajstić information content (AvgIpc) is 2.83. The van der Waals surface area contributed by atoms with Gasteiger partial charge in [0.15, 0.2) is 0 Å². The Labute approximate surface area is 109 Å². The number of imidazole rings is 1. The summed E-state index contributed by atoms with van der Waals surface area (Å²) in [6.07, 6.45) is 5.21. The third-order valence-electron chi connectivity index (χ3n) is 2.98. The highest BCUT2D eigenvalue weighted by Crippen LogP contribution is 2.13. The first-order chi connectivity index (χ1) is 9.24. The highest BCUT2D eigenvalue weighted by Gasteiger charge is 2.04. The van der Waals surface area contributed by atoms with Crippen molar-refractivity contribution in [3.63, 3.8) is 0 Å². The second-order valence-corrected chi connectivity index (χ2v) is 4.24. The van der Waals surface area contributed by atoms with Crippen LogP contribution in [0.2, 0.25) is 0 Å². The van der Waals surface area contributed by atoms with E-state index in [1.807, 2.05) is 22.8 Å². The summed E-state index contributed by atoms with van der Waals surface area (Å²) >= 11 is 0. The normalized spacial score (nSPS) is 10.7. The number of hydrogen-bond donors (Lipinski definition) is 1. The van der Waals surface area contributed by atoms with Crippen LogP contribution in [0.25, 0.3) is 11.0 Å². The lowest BCUT2D eigenvalue weighted by molar-refractivity contribution is 0.0697. The lowest BCUT2D eigenvalue weighted by Crippen LogP contribution is -2.00. The summed E-state index contributed by atoms with van der Waals surface area (Å²) in [6.45, 7) is 0.653. The van der Waals surface area contributed by atoms with Crippen LogP contribution >= 0.6 is 0 Å². The summed E-state index contributed by atoms with van der Waals surface area (Å²) in [5.41, 5.74) is 3.19. The molecule has 0 aliphatic carbocycles. The molecule has 0 saturated heterocycles. The molecular formula is C14H11N3O2. The molecule has 0 atom stereocenters. The monoisotopic (exact) mass is 253 g/mol. The number of carboxylic acid groups (broad SMARTS) is 1. The molecule has 0 aliphatic heterocycles. The van der Waals surface area contributed by atoms with Crippen LogP contribution in [0.3, 0.4) is 0 Å². The topological polar surface area (TPSA) is 68.0 Å². The van der Waals surface area contributed by atoms with E-state index in [1.54, 1.807) is 30.9 Å². The Morgan fingerprint density at radius 2 is 2.00 bits per heavy atom. The van der Waals surface area contributed by atoms with E-state index in [9.17, 15) is 4.79 Å². The summed E-state index contributed by atoms with van der Waals surface area (Å²) in [4.78, 5) is 19.1. The van der Waals surface area contributed by atoms with Gasteiger partial charge in [0.05, 0.1) is 23.6 Å². The van der Waals surface area contributed by atoms with E-state index in [1.165, 1.54) is 0 Å². The van der Waals surface area contributed by atoms with Crippen molar-refractivity contribution in [2.24, 2.45) is 0 Å². The largest absolute Gasteiger partial charge is 0.478 e. The molecular weight excluding hydrogens is 242 g/mol. The van der Waals surface area contributed by atoms with Crippen LogP contribution < -0.4 is 0 Å². The van der Waals surface area contributed by atoms with Crippen molar-refractivity contribution in [1.82, 2.24) is 14.5 Å². The van der Waals surface area contributed by atoms with Crippen molar-refractivity contribution < 1.29 is 9.90 Å². The van der Waals surface area contributed by atoms with Gasteiger partial charge < -0.3 is 9.67 Å². The van der Waals surface area contributed by atoms with Gasteiger partial charge in [-0.25, -0.2) is 9.78 Å². The zero-order valence-electron chi connectivity index (χ0n) is 10.0. The van der Waals surface area contributed by atoms with Crippen molar-refractivity contribution in [2.45, 2.75) is 6.54 Å². The van der Waals surface area contributed by atoms with Crippen LogP contribution in [0.1, 0.15) is 15.9 Å². The van der Waals surface area contributed by atoms with E-state index < -0.39 is 5.97 Å². The van der Waals surface area contributed by atoms with Gasteiger partial charge in [0.25, 0.3) is 0 Å². The van der Waals surface area contributed by atoms with Gasteiger partial charge in [0, 0.05) is 12.7 Å². The number of pyridine rings is 1. The van der Waals surface area contributed by atoms with E-state index in [0.717, 1.165) is 16.6 Å². The van der Waals surface area contributed by atoms with Crippen LogP contribution in [-0.4, -0.2) is 25.6 Å². The molecule has 2 heterocycles. The molecule has 3 rings (SSSR count). The minimum Gasteiger partial charge on any atom is -0.478 e. The quantitative estimate of drug-likeness (QED) is 0.776. The summed E-state index contributed by atoms with van der Waals surface area (Å²) in [5.74, 6) is -0.911. The van der Waals surface area contributed by atoms with Crippen LogP contribution in [0.4, 0.5) is 0 Å². The fourth-order valence-electron chi connectivity index (χ4n) is 1.99. The zero-order valence-corrected chi connectivity index (χ0v) is 10.0. The van der Waals surface area contributed by atoms with E-state index >= 15 is 0 Å². The summed E-state index contributed by atoms with van der Waals surface area (Å²) in [7, 11) is 0. The van der Waals surface area contributed by atoms with Gasteiger partial charge in [0.2, 0.25) is 0 Å². The summed E-state index contributed by atoms with van der Waals surface area (Å²) in [6, 6.07) is 8.76. The molecule has 5 heteroatoms. The highest BCUT2D eigenvalue weighted by atomic mass is 16.4. The Morgan fingerprint density at radius 1 is 1.21 bits per heavy atom. The number of hydrogen-bond acceptors (Lipinski definition) is 3. The number of carboxylic acids is 1. The molecule has 0 saturated carbocycles. The fraction of sp³-hybridized carbons (Fsp3) is 0.0714. The van der Waals surface area contributed by atoms with Crippen molar-refractivity contribution in [3.8, 4) is 0 Å². The van der Waals surface area contributed by atoms with Crippen molar-refractivity contribution in [2.75, 3.05) is 0 Å². The van der Waals surface area contributed by atoms with Gasteiger partial charge in [-0.1, -0.05) is 12.1 Å². The van der Waals surface area contributed by atoms with Gasteiger partial charge in [-0.05, 0) is 23.8 Å². The Balaban J connectivity index is 1.90.